The number of carbonyl (C=O) groups excluding carboxylic acids is 1. The molecule has 1 aliphatic rings. The Kier molecular flexibility index (Phi) is 5.05. The Hall–Kier alpha value is -2.78. The van der Waals surface area contributed by atoms with Gasteiger partial charge in [0.1, 0.15) is 18.2 Å². The van der Waals surface area contributed by atoms with Crippen LogP contribution in [-0.2, 0) is 17.8 Å². The van der Waals surface area contributed by atoms with Crippen molar-refractivity contribution in [3.8, 4) is 0 Å². The van der Waals surface area contributed by atoms with Gasteiger partial charge >= 0.3 is 5.69 Å². The number of nitro groups is 1. The maximum absolute atomic E-state index is 12.3. The number of aromatic amines is 1. The summed E-state index contributed by atoms with van der Waals surface area (Å²) in [7, 11) is 0. The van der Waals surface area contributed by atoms with Gasteiger partial charge in [-0.05, 0) is 12.8 Å². The molecule has 0 unspecified atom stereocenters. The number of likely N-dealkylation sites (tertiary alicyclic amines) is 1. The summed E-state index contributed by atoms with van der Waals surface area (Å²) in [5.74, 6) is 2.06. The molecular formula is C15H21N7O3. The van der Waals surface area contributed by atoms with Crippen LogP contribution in [0.5, 0.6) is 0 Å². The fourth-order valence-corrected chi connectivity index (χ4v) is 2.98. The van der Waals surface area contributed by atoms with Gasteiger partial charge in [-0.15, -0.1) is 0 Å². The number of nitrogens with one attached hydrogen (secondary N) is 1. The van der Waals surface area contributed by atoms with Gasteiger partial charge < -0.3 is 4.90 Å². The zero-order valence-corrected chi connectivity index (χ0v) is 14.1. The van der Waals surface area contributed by atoms with Crippen molar-refractivity contribution in [2.45, 2.75) is 45.1 Å². The van der Waals surface area contributed by atoms with E-state index in [1.54, 1.807) is 0 Å². The number of nitrogens with zero attached hydrogens (tertiary/aromatic N) is 6. The first-order chi connectivity index (χ1) is 12.1. The number of carbonyl (C=O) groups is 1. The van der Waals surface area contributed by atoms with Crippen molar-refractivity contribution in [1.82, 2.24) is 29.9 Å². The molecule has 10 nitrogen and oxygen atoms in total. The Morgan fingerprint density at radius 1 is 1.44 bits per heavy atom. The number of hydrogen-bond acceptors (Lipinski definition) is 6. The van der Waals surface area contributed by atoms with Gasteiger partial charge in [-0.1, -0.05) is 6.92 Å². The summed E-state index contributed by atoms with van der Waals surface area (Å²) < 4.78 is 1.43. The van der Waals surface area contributed by atoms with Gasteiger partial charge in [0.25, 0.3) is 0 Å². The SMILES string of the molecule is CCc1nc(C2CCN(C(=O)CCn3cc([N+](=O)[O-])cn3)CC2)n[nH]1. The molecule has 3 rings (SSSR count). The third kappa shape index (κ3) is 4.01. The number of aryl methyl sites for hydroxylation is 2. The standard InChI is InChI=1S/C15H21N7O3/c1-2-13-17-15(19-18-13)11-3-6-20(7-4-11)14(23)5-8-21-10-12(9-16-21)22(24)25/h9-11H,2-8H2,1H3,(H,17,18,19). The number of rotatable bonds is 6. The minimum Gasteiger partial charge on any atom is -0.343 e. The molecular weight excluding hydrogens is 326 g/mol. The van der Waals surface area contributed by atoms with E-state index in [2.05, 4.69) is 20.3 Å². The highest BCUT2D eigenvalue weighted by molar-refractivity contribution is 5.76. The van der Waals surface area contributed by atoms with E-state index in [9.17, 15) is 14.9 Å². The monoisotopic (exact) mass is 347 g/mol. The summed E-state index contributed by atoms with van der Waals surface area (Å²) in [6, 6.07) is 0. The van der Waals surface area contributed by atoms with E-state index in [0.29, 0.717) is 19.6 Å². The van der Waals surface area contributed by atoms with Crippen LogP contribution in [0.1, 0.15) is 43.8 Å². The first kappa shape index (κ1) is 17.1. The van der Waals surface area contributed by atoms with Crippen molar-refractivity contribution in [2.24, 2.45) is 0 Å². The number of H-pyrrole nitrogens is 1. The minimum absolute atomic E-state index is 0.0424. The Balaban J connectivity index is 1.47. The third-order valence-electron chi connectivity index (χ3n) is 4.48. The lowest BCUT2D eigenvalue weighted by Gasteiger charge is -2.30. The highest BCUT2D eigenvalue weighted by Gasteiger charge is 2.26. The van der Waals surface area contributed by atoms with Crippen molar-refractivity contribution in [3.05, 3.63) is 34.2 Å². The second kappa shape index (κ2) is 7.41. The zero-order valence-electron chi connectivity index (χ0n) is 14.1. The Labute approximate surface area is 144 Å². The summed E-state index contributed by atoms with van der Waals surface area (Å²) in [5.41, 5.74) is -0.0637. The molecule has 1 amide bonds. The molecule has 0 aromatic carbocycles. The van der Waals surface area contributed by atoms with Crippen LogP contribution in [0.4, 0.5) is 5.69 Å². The molecule has 1 aliphatic heterocycles. The Morgan fingerprint density at radius 2 is 2.20 bits per heavy atom. The molecule has 0 atom stereocenters. The van der Waals surface area contributed by atoms with Crippen molar-refractivity contribution in [1.29, 1.82) is 0 Å². The molecule has 1 saturated heterocycles. The largest absolute Gasteiger partial charge is 0.343 e. The second-order valence-corrected chi connectivity index (χ2v) is 6.12. The first-order valence-corrected chi connectivity index (χ1v) is 8.42. The van der Waals surface area contributed by atoms with E-state index in [1.807, 2.05) is 11.8 Å². The number of amides is 1. The van der Waals surface area contributed by atoms with E-state index in [-0.39, 0.29) is 23.9 Å². The molecule has 0 saturated carbocycles. The fourth-order valence-electron chi connectivity index (χ4n) is 2.98. The van der Waals surface area contributed by atoms with Crippen LogP contribution in [0.25, 0.3) is 0 Å². The van der Waals surface area contributed by atoms with E-state index in [1.165, 1.54) is 17.1 Å². The van der Waals surface area contributed by atoms with Gasteiger partial charge in [0.2, 0.25) is 5.91 Å². The smallest absolute Gasteiger partial charge is 0.306 e. The molecule has 2 aromatic heterocycles. The lowest BCUT2D eigenvalue weighted by molar-refractivity contribution is -0.385. The van der Waals surface area contributed by atoms with Crippen molar-refractivity contribution in [2.75, 3.05) is 13.1 Å². The maximum atomic E-state index is 12.3. The van der Waals surface area contributed by atoms with Gasteiger partial charge in [0, 0.05) is 38.4 Å². The molecule has 1 fully saturated rings. The van der Waals surface area contributed by atoms with Crippen molar-refractivity contribution >= 4 is 11.6 Å². The summed E-state index contributed by atoms with van der Waals surface area (Å²) in [6.45, 7) is 3.73. The highest BCUT2D eigenvalue weighted by Crippen LogP contribution is 2.25. The minimum atomic E-state index is -0.497. The number of hydrogen-bond donors (Lipinski definition) is 1. The van der Waals surface area contributed by atoms with Crippen LogP contribution >= 0.6 is 0 Å². The van der Waals surface area contributed by atoms with Crippen LogP contribution in [0, 0.1) is 10.1 Å². The first-order valence-electron chi connectivity index (χ1n) is 8.42. The van der Waals surface area contributed by atoms with Gasteiger partial charge in [-0.2, -0.15) is 10.2 Å². The molecule has 25 heavy (non-hydrogen) atoms. The molecule has 1 N–H and O–H groups in total. The summed E-state index contributed by atoms with van der Waals surface area (Å²) in [4.78, 5) is 28.8. The van der Waals surface area contributed by atoms with Crippen LogP contribution in [0.15, 0.2) is 12.4 Å². The summed E-state index contributed by atoms with van der Waals surface area (Å²) in [6.07, 6.45) is 5.34. The zero-order chi connectivity index (χ0) is 17.8. The third-order valence-corrected chi connectivity index (χ3v) is 4.48. The normalized spacial score (nSPS) is 15.5. The van der Waals surface area contributed by atoms with E-state index < -0.39 is 4.92 Å². The van der Waals surface area contributed by atoms with Crippen LogP contribution in [0.3, 0.4) is 0 Å². The molecule has 0 radical (unpaired) electrons. The number of aromatic nitrogens is 5. The molecule has 3 heterocycles. The molecule has 2 aromatic rings. The molecule has 0 spiro atoms. The topological polar surface area (TPSA) is 123 Å². The van der Waals surface area contributed by atoms with E-state index in [4.69, 9.17) is 0 Å². The Morgan fingerprint density at radius 3 is 2.80 bits per heavy atom. The molecule has 134 valence electrons. The molecule has 0 aliphatic carbocycles. The predicted octanol–water partition coefficient (Wildman–Crippen LogP) is 1.27. The van der Waals surface area contributed by atoms with Gasteiger partial charge in [-0.3, -0.25) is 24.7 Å². The van der Waals surface area contributed by atoms with E-state index in [0.717, 1.165) is 30.9 Å². The average Bonchev–Trinajstić information content (AvgIpc) is 3.29. The van der Waals surface area contributed by atoms with Gasteiger partial charge in [0.05, 0.1) is 4.92 Å². The summed E-state index contributed by atoms with van der Waals surface area (Å²) in [5, 5.41) is 21.7. The lowest BCUT2D eigenvalue weighted by Crippen LogP contribution is -2.38. The van der Waals surface area contributed by atoms with Crippen LogP contribution in [-0.4, -0.2) is 53.8 Å². The predicted molar refractivity (Wildman–Crippen MR) is 87.8 cm³/mol. The Bertz CT molecular complexity index is 746. The van der Waals surface area contributed by atoms with E-state index >= 15 is 0 Å². The van der Waals surface area contributed by atoms with Crippen molar-refractivity contribution < 1.29 is 9.72 Å². The molecule has 10 heteroatoms. The molecule has 0 bridgehead atoms. The lowest BCUT2D eigenvalue weighted by atomic mass is 9.96. The van der Waals surface area contributed by atoms with Crippen LogP contribution in [0.2, 0.25) is 0 Å². The average molecular weight is 347 g/mol. The van der Waals surface area contributed by atoms with Gasteiger partial charge in [0.15, 0.2) is 5.82 Å². The summed E-state index contributed by atoms with van der Waals surface area (Å²) >= 11 is 0. The van der Waals surface area contributed by atoms with Crippen LogP contribution < -0.4 is 0 Å². The van der Waals surface area contributed by atoms with Crippen molar-refractivity contribution in [3.63, 3.8) is 0 Å². The van der Waals surface area contributed by atoms with Gasteiger partial charge in [-0.25, -0.2) is 4.98 Å². The maximum Gasteiger partial charge on any atom is 0.306 e. The quantitative estimate of drug-likeness (QED) is 0.620. The fraction of sp³-hybridized carbons (Fsp3) is 0.600. The second-order valence-electron chi connectivity index (χ2n) is 6.12. The number of piperidine rings is 1. The highest BCUT2D eigenvalue weighted by atomic mass is 16.6.